The number of amides is 2. The van der Waals surface area contributed by atoms with Gasteiger partial charge in [-0.05, 0) is 77.3 Å². The highest BCUT2D eigenvalue weighted by atomic mass is 79.9. The number of rotatable bonds is 11. The zero-order chi connectivity index (χ0) is 26.8. The van der Waals surface area contributed by atoms with Crippen LogP contribution in [0.15, 0.2) is 68.6 Å². The van der Waals surface area contributed by atoms with E-state index in [1.54, 1.807) is 30.3 Å². The molecule has 0 fully saturated rings. The molecule has 194 valence electrons. The van der Waals surface area contributed by atoms with Gasteiger partial charge in [-0.3, -0.25) is 9.59 Å². The lowest BCUT2D eigenvalue weighted by atomic mass is 10.2. The number of hydrogen-bond donors (Lipinski definition) is 2. The molecule has 0 aliphatic carbocycles. The van der Waals surface area contributed by atoms with Crippen LogP contribution in [-0.2, 0) is 4.79 Å². The zero-order valence-corrected chi connectivity index (χ0v) is 23.8. The smallest absolute Gasteiger partial charge is 0.271 e. The van der Waals surface area contributed by atoms with Crippen LogP contribution in [-0.4, -0.2) is 38.4 Å². The minimum absolute atomic E-state index is 0.215. The molecule has 3 aromatic carbocycles. The summed E-state index contributed by atoms with van der Waals surface area (Å²) in [5, 5.41) is 6.88. The van der Waals surface area contributed by atoms with Crippen LogP contribution < -0.4 is 25.0 Å². The van der Waals surface area contributed by atoms with Crippen molar-refractivity contribution >= 4 is 55.6 Å². The Morgan fingerprint density at radius 3 is 2.57 bits per heavy atom. The van der Waals surface area contributed by atoms with Crippen molar-refractivity contribution in [2.75, 3.05) is 25.6 Å². The second kappa shape index (κ2) is 13.8. The predicted molar refractivity (Wildman–Crippen MR) is 151 cm³/mol. The first kappa shape index (κ1) is 28.2. The third kappa shape index (κ3) is 8.33. The van der Waals surface area contributed by atoms with Crippen LogP contribution in [0.4, 0.5) is 5.69 Å². The number of nitrogens with one attached hydrogen (secondary N) is 2. The normalized spacial score (nSPS) is 10.7. The van der Waals surface area contributed by atoms with Crippen LogP contribution in [0.2, 0.25) is 0 Å². The molecule has 0 heterocycles. The van der Waals surface area contributed by atoms with Crippen LogP contribution in [0.3, 0.4) is 0 Å². The predicted octanol–water partition coefficient (Wildman–Crippen LogP) is 6.10. The lowest BCUT2D eigenvalue weighted by Gasteiger charge is -2.12. The standard InChI is InChI=1S/C27H27Br2N3O5/c1-4-10-36-23-9-8-18(13-24(23)35-3)27(34)32-30-15-19-12-20(28)14-22(29)26(19)37-16-25(33)31-21-7-5-6-17(2)11-21/h5-9,11-15H,4,10,16H2,1-3H3,(H,31,33)(H,32,34)/b30-15+. The molecule has 8 nitrogen and oxygen atoms in total. The highest BCUT2D eigenvalue weighted by molar-refractivity contribution is 9.11. The van der Waals surface area contributed by atoms with Gasteiger partial charge in [0.15, 0.2) is 18.1 Å². The number of hydrazone groups is 1. The van der Waals surface area contributed by atoms with Crippen molar-refractivity contribution < 1.29 is 23.8 Å². The van der Waals surface area contributed by atoms with E-state index < -0.39 is 5.91 Å². The van der Waals surface area contributed by atoms with E-state index >= 15 is 0 Å². The van der Waals surface area contributed by atoms with Crippen molar-refractivity contribution in [1.82, 2.24) is 5.43 Å². The third-order valence-electron chi connectivity index (χ3n) is 4.94. The molecule has 3 rings (SSSR count). The average molecular weight is 633 g/mol. The van der Waals surface area contributed by atoms with Crippen LogP contribution in [0, 0.1) is 6.92 Å². The van der Waals surface area contributed by atoms with Crippen molar-refractivity contribution in [1.29, 1.82) is 0 Å². The van der Waals surface area contributed by atoms with E-state index in [9.17, 15) is 9.59 Å². The maximum atomic E-state index is 12.6. The SMILES string of the molecule is CCCOc1ccc(C(=O)N/N=C/c2cc(Br)cc(Br)c2OCC(=O)Nc2cccc(C)c2)cc1OC. The summed E-state index contributed by atoms with van der Waals surface area (Å²) in [6.07, 6.45) is 2.30. The van der Waals surface area contributed by atoms with E-state index in [2.05, 4.69) is 47.7 Å². The average Bonchev–Trinajstić information content (AvgIpc) is 2.86. The van der Waals surface area contributed by atoms with E-state index in [1.807, 2.05) is 38.1 Å². The summed E-state index contributed by atoms with van der Waals surface area (Å²) in [6, 6.07) is 16.0. The summed E-state index contributed by atoms with van der Waals surface area (Å²) < 4.78 is 18.1. The van der Waals surface area contributed by atoms with Crippen LogP contribution in [0.25, 0.3) is 0 Å². The van der Waals surface area contributed by atoms with Crippen LogP contribution in [0.5, 0.6) is 17.2 Å². The molecule has 0 bridgehead atoms. The van der Waals surface area contributed by atoms with Gasteiger partial charge in [0, 0.05) is 21.3 Å². The van der Waals surface area contributed by atoms with Gasteiger partial charge in [0.2, 0.25) is 0 Å². The fraction of sp³-hybridized carbons (Fsp3) is 0.222. The van der Waals surface area contributed by atoms with Crippen LogP contribution >= 0.6 is 31.9 Å². The summed E-state index contributed by atoms with van der Waals surface area (Å²) in [4.78, 5) is 25.0. The Hall–Kier alpha value is -3.37. The number of carbonyl (C=O) groups excluding carboxylic acids is 2. The number of anilines is 1. The highest BCUT2D eigenvalue weighted by Crippen LogP contribution is 2.32. The summed E-state index contributed by atoms with van der Waals surface area (Å²) >= 11 is 6.90. The largest absolute Gasteiger partial charge is 0.493 e. The molecule has 0 unspecified atom stereocenters. The van der Waals surface area contributed by atoms with Gasteiger partial charge in [-0.1, -0.05) is 35.0 Å². The lowest BCUT2D eigenvalue weighted by Crippen LogP contribution is -2.21. The molecule has 0 saturated carbocycles. The third-order valence-corrected chi connectivity index (χ3v) is 5.99. The molecule has 0 aliphatic rings. The van der Waals surface area contributed by atoms with Gasteiger partial charge in [-0.25, -0.2) is 5.43 Å². The number of methoxy groups -OCH3 is 1. The van der Waals surface area contributed by atoms with Gasteiger partial charge >= 0.3 is 0 Å². The van der Waals surface area contributed by atoms with Crippen molar-refractivity contribution in [3.8, 4) is 17.2 Å². The molecule has 2 N–H and O–H groups in total. The zero-order valence-electron chi connectivity index (χ0n) is 20.6. The van der Waals surface area contributed by atoms with E-state index in [0.29, 0.717) is 45.1 Å². The number of nitrogens with zero attached hydrogens (tertiary/aromatic N) is 1. The van der Waals surface area contributed by atoms with E-state index in [1.165, 1.54) is 13.3 Å². The van der Waals surface area contributed by atoms with Crippen LogP contribution in [0.1, 0.15) is 34.8 Å². The molecule has 0 aliphatic heterocycles. The van der Waals surface area contributed by atoms with Gasteiger partial charge in [0.25, 0.3) is 11.8 Å². The van der Waals surface area contributed by atoms with Gasteiger partial charge in [0.1, 0.15) is 5.75 Å². The van der Waals surface area contributed by atoms with Crippen molar-refractivity contribution in [3.63, 3.8) is 0 Å². The highest BCUT2D eigenvalue weighted by Gasteiger charge is 2.13. The molecule has 0 spiro atoms. The number of hydrogen-bond acceptors (Lipinski definition) is 6. The summed E-state index contributed by atoms with van der Waals surface area (Å²) in [5.74, 6) is 0.694. The Bertz CT molecular complexity index is 1300. The number of aryl methyl sites for hydroxylation is 1. The monoisotopic (exact) mass is 631 g/mol. The Morgan fingerprint density at radius 1 is 1.03 bits per heavy atom. The Morgan fingerprint density at radius 2 is 1.84 bits per heavy atom. The number of carbonyl (C=O) groups is 2. The van der Waals surface area contributed by atoms with Crippen molar-refractivity contribution in [2.45, 2.75) is 20.3 Å². The van der Waals surface area contributed by atoms with Crippen molar-refractivity contribution in [2.24, 2.45) is 5.10 Å². The summed E-state index contributed by atoms with van der Waals surface area (Å²) in [6.45, 7) is 4.29. The number of ether oxygens (including phenoxy) is 3. The second-order valence-corrected chi connectivity index (χ2v) is 9.70. The maximum absolute atomic E-state index is 12.6. The fourth-order valence-corrected chi connectivity index (χ4v) is 4.62. The molecule has 2 amide bonds. The van der Waals surface area contributed by atoms with Gasteiger partial charge in [-0.2, -0.15) is 5.10 Å². The number of halogens is 2. The van der Waals surface area contributed by atoms with E-state index in [4.69, 9.17) is 14.2 Å². The number of benzene rings is 3. The minimum atomic E-state index is -0.425. The molecule has 0 atom stereocenters. The molecule has 3 aromatic rings. The Labute approximate surface area is 232 Å². The fourth-order valence-electron chi connectivity index (χ4n) is 3.25. The molecule has 37 heavy (non-hydrogen) atoms. The molecular formula is C27H27Br2N3O5. The Balaban J connectivity index is 1.68. The summed E-state index contributed by atoms with van der Waals surface area (Å²) in [5.41, 5.74) is 5.13. The maximum Gasteiger partial charge on any atom is 0.271 e. The molecule has 10 heteroatoms. The quantitative estimate of drug-likeness (QED) is 0.197. The summed E-state index contributed by atoms with van der Waals surface area (Å²) in [7, 11) is 1.52. The Kier molecular flexibility index (Phi) is 10.5. The van der Waals surface area contributed by atoms with E-state index in [0.717, 1.165) is 16.5 Å². The first-order chi connectivity index (χ1) is 17.8. The molecule has 0 saturated heterocycles. The molecule has 0 radical (unpaired) electrons. The van der Waals surface area contributed by atoms with E-state index in [-0.39, 0.29) is 12.5 Å². The molecular weight excluding hydrogens is 606 g/mol. The first-order valence-electron chi connectivity index (χ1n) is 11.4. The van der Waals surface area contributed by atoms with Gasteiger partial charge < -0.3 is 19.5 Å². The molecule has 0 aromatic heterocycles. The van der Waals surface area contributed by atoms with Crippen molar-refractivity contribution in [3.05, 3.63) is 80.2 Å². The second-order valence-electron chi connectivity index (χ2n) is 7.93. The minimum Gasteiger partial charge on any atom is -0.493 e. The van der Waals surface area contributed by atoms with Gasteiger partial charge in [-0.15, -0.1) is 0 Å². The topological polar surface area (TPSA) is 98.3 Å². The van der Waals surface area contributed by atoms with Gasteiger partial charge in [0.05, 0.1) is 24.4 Å². The first-order valence-corrected chi connectivity index (χ1v) is 13.0. The lowest BCUT2D eigenvalue weighted by molar-refractivity contribution is -0.118.